The van der Waals surface area contributed by atoms with Crippen molar-refractivity contribution in [1.82, 2.24) is 24.7 Å². The molecular formula is C21H21BrN6O5S. The number of rotatable bonds is 9. The summed E-state index contributed by atoms with van der Waals surface area (Å²) in [6.45, 7) is 1.56. The summed E-state index contributed by atoms with van der Waals surface area (Å²) in [5.74, 6) is 1.81. The second-order valence-corrected chi connectivity index (χ2v) is 10.2. The van der Waals surface area contributed by atoms with Gasteiger partial charge < -0.3 is 13.9 Å². The molecule has 1 aromatic carbocycles. The highest BCUT2D eigenvalue weighted by Crippen LogP contribution is 2.37. The summed E-state index contributed by atoms with van der Waals surface area (Å²) in [5.41, 5.74) is 0.408. The van der Waals surface area contributed by atoms with Crippen LogP contribution < -0.4 is 14.2 Å². The second-order valence-electron chi connectivity index (χ2n) is 7.15. The Kier molecular flexibility index (Phi) is 6.84. The van der Waals surface area contributed by atoms with E-state index in [1.165, 1.54) is 25.0 Å². The topological polar surface area (TPSA) is 134 Å². The number of para-hydroxylation sites is 1. The van der Waals surface area contributed by atoms with E-state index in [2.05, 4.69) is 40.8 Å². The predicted molar refractivity (Wildman–Crippen MR) is 128 cm³/mol. The van der Waals surface area contributed by atoms with E-state index in [0.29, 0.717) is 33.2 Å². The fourth-order valence-electron chi connectivity index (χ4n) is 3.22. The number of methoxy groups -OCH3 is 2. The van der Waals surface area contributed by atoms with Gasteiger partial charge in [-0.2, -0.15) is 0 Å². The molecule has 0 spiro atoms. The van der Waals surface area contributed by atoms with Crippen LogP contribution in [0.3, 0.4) is 0 Å². The molecule has 4 aromatic rings. The van der Waals surface area contributed by atoms with Crippen LogP contribution in [0.1, 0.15) is 12.7 Å². The van der Waals surface area contributed by atoms with Gasteiger partial charge in [0.2, 0.25) is 21.8 Å². The number of aromatic nitrogens is 5. The van der Waals surface area contributed by atoms with Crippen molar-refractivity contribution in [2.24, 2.45) is 0 Å². The van der Waals surface area contributed by atoms with E-state index < -0.39 is 15.3 Å². The van der Waals surface area contributed by atoms with Crippen molar-refractivity contribution in [3.63, 3.8) is 0 Å². The molecule has 0 unspecified atom stereocenters. The van der Waals surface area contributed by atoms with Gasteiger partial charge in [-0.05, 0) is 47.1 Å². The predicted octanol–water partition coefficient (Wildman–Crippen LogP) is 3.47. The number of hydrogen-bond acceptors (Lipinski definition) is 9. The Morgan fingerprint density at radius 2 is 1.76 bits per heavy atom. The molecule has 0 fully saturated rings. The summed E-state index contributed by atoms with van der Waals surface area (Å²) in [7, 11) is -0.925. The average Bonchev–Trinajstić information content (AvgIpc) is 3.49. The molecule has 4 rings (SSSR count). The van der Waals surface area contributed by atoms with E-state index in [9.17, 15) is 8.42 Å². The van der Waals surface area contributed by atoms with E-state index in [1.54, 1.807) is 49.6 Å². The monoisotopic (exact) mass is 548 g/mol. The molecule has 0 saturated heterocycles. The Labute approximate surface area is 204 Å². The Morgan fingerprint density at radius 3 is 2.35 bits per heavy atom. The Hall–Kier alpha value is -3.45. The van der Waals surface area contributed by atoms with Crippen LogP contribution in [-0.4, -0.2) is 52.6 Å². The number of nitrogens with zero attached hydrogens (tertiary/aromatic N) is 5. The molecule has 0 aliphatic heterocycles. The second kappa shape index (κ2) is 9.81. The number of halogens is 1. The van der Waals surface area contributed by atoms with Crippen molar-refractivity contribution >= 4 is 31.9 Å². The summed E-state index contributed by atoms with van der Waals surface area (Å²) in [6, 6.07) is 8.57. The normalized spacial score (nSPS) is 12.4. The number of nitrogens with one attached hydrogen (secondary N) is 1. The molecular weight excluding hydrogens is 528 g/mol. The maximum Gasteiger partial charge on any atom is 0.243 e. The van der Waals surface area contributed by atoms with Gasteiger partial charge in [0.15, 0.2) is 5.76 Å². The van der Waals surface area contributed by atoms with E-state index in [-0.39, 0.29) is 18.2 Å². The van der Waals surface area contributed by atoms with E-state index in [4.69, 9.17) is 13.9 Å². The zero-order valence-corrected chi connectivity index (χ0v) is 20.9. The van der Waals surface area contributed by atoms with Crippen molar-refractivity contribution < 1.29 is 22.3 Å². The molecule has 1 N–H and O–H groups in total. The molecule has 0 amide bonds. The van der Waals surface area contributed by atoms with E-state index >= 15 is 0 Å². The molecule has 11 nitrogen and oxygen atoms in total. The third-order valence-electron chi connectivity index (χ3n) is 4.94. The van der Waals surface area contributed by atoms with Crippen LogP contribution >= 0.6 is 15.9 Å². The first-order valence-corrected chi connectivity index (χ1v) is 12.4. The molecule has 0 radical (unpaired) electrons. The van der Waals surface area contributed by atoms with Gasteiger partial charge in [0.1, 0.15) is 23.0 Å². The maximum atomic E-state index is 13.2. The van der Waals surface area contributed by atoms with Crippen LogP contribution in [0.2, 0.25) is 0 Å². The van der Waals surface area contributed by atoms with Gasteiger partial charge >= 0.3 is 0 Å². The van der Waals surface area contributed by atoms with Gasteiger partial charge in [-0.3, -0.25) is 9.29 Å². The molecule has 3 aromatic heterocycles. The summed E-state index contributed by atoms with van der Waals surface area (Å²) < 4.78 is 47.7. The molecule has 0 saturated carbocycles. The van der Waals surface area contributed by atoms with Gasteiger partial charge in [-0.15, -0.1) is 10.2 Å². The molecule has 0 bridgehead atoms. The fraction of sp³-hybridized carbons (Fsp3) is 0.238. The van der Waals surface area contributed by atoms with Crippen molar-refractivity contribution in [1.29, 1.82) is 0 Å². The largest absolute Gasteiger partial charge is 0.494 e. The van der Waals surface area contributed by atoms with E-state index in [0.717, 1.165) is 0 Å². The lowest BCUT2D eigenvalue weighted by Crippen LogP contribution is -2.29. The number of hydrogen-bond donors (Lipinski definition) is 1. The summed E-state index contributed by atoms with van der Waals surface area (Å²) in [5, 5.41) is 7.40. The number of benzene rings is 1. The van der Waals surface area contributed by atoms with Crippen molar-refractivity contribution in [3.8, 4) is 28.8 Å². The number of furan rings is 1. The molecule has 34 heavy (non-hydrogen) atoms. The minimum atomic E-state index is -3.92. The quantitative estimate of drug-likeness (QED) is 0.333. The van der Waals surface area contributed by atoms with Crippen LogP contribution in [-0.2, 0) is 16.4 Å². The van der Waals surface area contributed by atoms with Crippen LogP contribution in [0, 0.1) is 0 Å². The molecule has 1 atom stereocenters. The highest BCUT2D eigenvalue weighted by Gasteiger charge is 2.29. The lowest BCUT2D eigenvalue weighted by Gasteiger charge is -2.18. The molecule has 0 aliphatic carbocycles. The lowest BCUT2D eigenvalue weighted by atomic mass is 10.2. The summed E-state index contributed by atoms with van der Waals surface area (Å²) in [4.78, 5) is 8.32. The highest BCUT2D eigenvalue weighted by molar-refractivity contribution is 9.10. The maximum absolute atomic E-state index is 13.2. The van der Waals surface area contributed by atoms with Gasteiger partial charge in [-0.25, -0.2) is 18.4 Å². The van der Waals surface area contributed by atoms with Gasteiger partial charge in [-0.1, -0.05) is 6.07 Å². The minimum Gasteiger partial charge on any atom is -0.494 e. The van der Waals surface area contributed by atoms with E-state index in [1.807, 2.05) is 0 Å². The number of ether oxygens (including phenoxy) is 2. The van der Waals surface area contributed by atoms with Gasteiger partial charge in [0.25, 0.3) is 0 Å². The first-order chi connectivity index (χ1) is 16.3. The fourth-order valence-corrected chi connectivity index (χ4v) is 4.38. The standard InChI is InChI=1S/C21H21BrN6O5S/c1-13(10-18-23-11-14(22)12-24-18)34(29,30)27-21-26-25-20(17-8-5-9-33-17)28(21)19-15(31-2)6-4-7-16(19)32-3/h4-9,11-13H,10H2,1-3H3,(H,26,27)/t13-/m0/s1. The van der Waals surface area contributed by atoms with Crippen molar-refractivity contribution in [2.75, 3.05) is 18.9 Å². The Morgan fingerprint density at radius 1 is 1.09 bits per heavy atom. The first-order valence-electron chi connectivity index (χ1n) is 10.0. The first kappa shape index (κ1) is 23.7. The van der Waals surface area contributed by atoms with Crippen molar-refractivity contribution in [3.05, 3.63) is 59.3 Å². The molecule has 178 valence electrons. The lowest BCUT2D eigenvalue weighted by molar-refractivity contribution is 0.391. The molecule has 13 heteroatoms. The Bertz CT molecular complexity index is 1350. The summed E-state index contributed by atoms with van der Waals surface area (Å²) >= 11 is 3.27. The van der Waals surface area contributed by atoms with Gasteiger partial charge in [0, 0.05) is 18.8 Å². The number of sulfonamides is 1. The van der Waals surface area contributed by atoms with Crippen LogP contribution in [0.15, 0.2) is 57.9 Å². The smallest absolute Gasteiger partial charge is 0.243 e. The zero-order valence-electron chi connectivity index (χ0n) is 18.5. The Balaban J connectivity index is 1.77. The van der Waals surface area contributed by atoms with Crippen LogP contribution in [0.5, 0.6) is 11.5 Å². The highest BCUT2D eigenvalue weighted by atomic mass is 79.9. The van der Waals surface area contributed by atoms with Crippen LogP contribution in [0.25, 0.3) is 17.3 Å². The summed E-state index contributed by atoms with van der Waals surface area (Å²) in [6.07, 6.45) is 4.71. The van der Waals surface area contributed by atoms with Crippen molar-refractivity contribution in [2.45, 2.75) is 18.6 Å². The zero-order chi connectivity index (χ0) is 24.3. The average molecular weight is 549 g/mol. The molecule has 0 aliphatic rings. The van der Waals surface area contributed by atoms with Crippen LogP contribution in [0.4, 0.5) is 5.95 Å². The third-order valence-corrected chi connectivity index (χ3v) is 7.04. The number of anilines is 1. The third kappa shape index (κ3) is 4.75. The van der Waals surface area contributed by atoms with Gasteiger partial charge in [0.05, 0.1) is 30.2 Å². The minimum absolute atomic E-state index is 0.0576. The SMILES string of the molecule is COc1cccc(OC)c1-n1c(NS(=O)(=O)[C@@H](C)Cc2ncc(Br)cn2)nnc1-c1ccco1. The molecule has 3 heterocycles.